The maximum atomic E-state index is 13.6. The number of methoxy groups -OCH3 is 2. The first-order valence-corrected chi connectivity index (χ1v) is 13.2. The zero-order valence-electron chi connectivity index (χ0n) is 23.4. The molecule has 0 radical (unpaired) electrons. The highest BCUT2D eigenvalue weighted by Crippen LogP contribution is 2.39. The Bertz CT molecular complexity index is 2120. The van der Waals surface area contributed by atoms with Crippen LogP contribution in [0, 0.1) is 15.9 Å². The lowest BCUT2D eigenvalue weighted by molar-refractivity contribution is -0.386. The van der Waals surface area contributed by atoms with E-state index in [-0.39, 0.29) is 40.9 Å². The fourth-order valence-electron chi connectivity index (χ4n) is 4.69. The van der Waals surface area contributed by atoms with Crippen LogP contribution >= 0.6 is 0 Å². The van der Waals surface area contributed by atoms with E-state index >= 15 is 0 Å². The van der Waals surface area contributed by atoms with E-state index in [0.29, 0.717) is 33.2 Å². The van der Waals surface area contributed by atoms with Crippen molar-refractivity contribution in [3.63, 3.8) is 0 Å². The standard InChI is InChI=1S/C32H23FN4O7/c1-41-26-8-5-9-27-23(26)16-29(44-27)31-35-24-7-4-3-6-22(24)32(38)36(31)34-17-20-14-25(37(39)40)30(28(15-20)42-2)43-18-19-10-12-21(33)13-11-19/h3-17H,18H2,1-2H3. The molecule has 44 heavy (non-hydrogen) atoms. The number of aromatic nitrogens is 2. The smallest absolute Gasteiger partial charge is 0.315 e. The number of benzene rings is 4. The molecule has 0 fully saturated rings. The van der Waals surface area contributed by atoms with Gasteiger partial charge in [-0.05, 0) is 54.1 Å². The lowest BCUT2D eigenvalue weighted by atomic mass is 10.1. The molecule has 0 unspecified atom stereocenters. The molecule has 0 saturated carbocycles. The number of hydrogen-bond donors (Lipinski definition) is 0. The average Bonchev–Trinajstić information content (AvgIpc) is 3.48. The summed E-state index contributed by atoms with van der Waals surface area (Å²) in [6.07, 6.45) is 1.28. The lowest BCUT2D eigenvalue weighted by Crippen LogP contribution is -2.20. The van der Waals surface area contributed by atoms with Crippen molar-refractivity contribution >= 4 is 33.8 Å². The Morgan fingerprint density at radius 2 is 1.75 bits per heavy atom. The first-order chi connectivity index (χ1) is 21.4. The van der Waals surface area contributed by atoms with Crippen LogP contribution < -0.4 is 19.8 Å². The van der Waals surface area contributed by atoms with Crippen molar-refractivity contribution in [1.29, 1.82) is 0 Å². The van der Waals surface area contributed by atoms with Gasteiger partial charge in [0.05, 0.1) is 41.6 Å². The first-order valence-electron chi connectivity index (χ1n) is 13.2. The van der Waals surface area contributed by atoms with Gasteiger partial charge in [0.1, 0.15) is 23.8 Å². The molecule has 0 saturated heterocycles. The van der Waals surface area contributed by atoms with Crippen LogP contribution in [0.5, 0.6) is 17.2 Å². The Morgan fingerprint density at radius 3 is 2.50 bits per heavy atom. The highest BCUT2D eigenvalue weighted by atomic mass is 19.1. The number of ether oxygens (including phenoxy) is 3. The highest BCUT2D eigenvalue weighted by molar-refractivity contribution is 5.89. The lowest BCUT2D eigenvalue weighted by Gasteiger charge is -2.12. The molecule has 6 aromatic rings. The van der Waals surface area contributed by atoms with Crippen LogP contribution in [-0.4, -0.2) is 35.0 Å². The minimum absolute atomic E-state index is 0.0608. The summed E-state index contributed by atoms with van der Waals surface area (Å²) in [6.45, 7) is -0.0608. The number of rotatable bonds is 9. The van der Waals surface area contributed by atoms with Gasteiger partial charge in [-0.1, -0.05) is 30.3 Å². The summed E-state index contributed by atoms with van der Waals surface area (Å²) >= 11 is 0. The minimum atomic E-state index is -0.614. The molecule has 11 nitrogen and oxygen atoms in total. The Balaban J connectivity index is 1.44. The molecule has 2 aromatic heterocycles. The summed E-state index contributed by atoms with van der Waals surface area (Å²) in [5, 5.41) is 17.4. The molecular weight excluding hydrogens is 571 g/mol. The quantitative estimate of drug-likeness (QED) is 0.108. The zero-order valence-corrected chi connectivity index (χ0v) is 23.4. The Hall–Kier alpha value is -6.04. The van der Waals surface area contributed by atoms with Crippen LogP contribution in [0.1, 0.15) is 11.1 Å². The molecule has 4 aromatic carbocycles. The van der Waals surface area contributed by atoms with Crippen molar-refractivity contribution in [2.75, 3.05) is 14.2 Å². The van der Waals surface area contributed by atoms with Crippen molar-refractivity contribution in [3.05, 3.63) is 122 Å². The van der Waals surface area contributed by atoms with E-state index in [9.17, 15) is 19.3 Å². The van der Waals surface area contributed by atoms with Crippen LogP contribution in [-0.2, 0) is 6.61 Å². The Morgan fingerprint density at radius 1 is 0.977 bits per heavy atom. The molecule has 0 spiro atoms. The van der Waals surface area contributed by atoms with Gasteiger partial charge >= 0.3 is 5.69 Å². The summed E-state index contributed by atoms with van der Waals surface area (Å²) < 4.78 is 37.0. The van der Waals surface area contributed by atoms with Crippen molar-refractivity contribution in [3.8, 4) is 28.8 Å². The van der Waals surface area contributed by atoms with Crippen LogP contribution in [0.3, 0.4) is 0 Å². The van der Waals surface area contributed by atoms with Gasteiger partial charge in [0.15, 0.2) is 11.5 Å². The third kappa shape index (κ3) is 5.31. The summed E-state index contributed by atoms with van der Waals surface area (Å²) in [5.41, 5.74) is 0.948. The van der Waals surface area contributed by atoms with E-state index in [0.717, 1.165) is 4.68 Å². The van der Waals surface area contributed by atoms with Gasteiger partial charge in [-0.15, -0.1) is 0 Å². The molecule has 6 rings (SSSR count). The predicted molar refractivity (Wildman–Crippen MR) is 161 cm³/mol. The molecule has 0 atom stereocenters. The number of nitro groups is 1. The van der Waals surface area contributed by atoms with E-state index in [1.807, 2.05) is 0 Å². The van der Waals surface area contributed by atoms with Gasteiger partial charge < -0.3 is 18.6 Å². The molecule has 0 amide bonds. The molecular formula is C32H23FN4O7. The number of nitrogens with zero attached hydrogens (tertiary/aromatic N) is 4. The molecule has 0 aliphatic rings. The SMILES string of the molecule is COc1cc(C=Nn2c(-c3cc4c(OC)cccc4o3)nc3ccccc3c2=O)cc([N+](=O)[O-])c1OCc1ccc(F)cc1. The van der Waals surface area contributed by atoms with E-state index in [4.69, 9.17) is 18.6 Å². The molecule has 0 aliphatic heterocycles. The molecule has 2 heterocycles. The van der Waals surface area contributed by atoms with Crippen LogP contribution in [0.25, 0.3) is 33.5 Å². The topological polar surface area (TPSA) is 131 Å². The number of para-hydroxylation sites is 1. The van der Waals surface area contributed by atoms with Gasteiger partial charge in [0.25, 0.3) is 5.56 Å². The molecule has 0 bridgehead atoms. The van der Waals surface area contributed by atoms with E-state index in [2.05, 4.69) is 10.1 Å². The molecule has 0 N–H and O–H groups in total. The summed E-state index contributed by atoms with van der Waals surface area (Å²) in [5.74, 6) is 0.500. The predicted octanol–water partition coefficient (Wildman–Crippen LogP) is 6.34. The van der Waals surface area contributed by atoms with Crippen molar-refractivity contribution in [2.24, 2.45) is 5.10 Å². The first kappa shape index (κ1) is 28.1. The summed E-state index contributed by atoms with van der Waals surface area (Å²) in [7, 11) is 2.89. The Labute approximate surface area is 248 Å². The van der Waals surface area contributed by atoms with Gasteiger partial charge in [-0.25, -0.2) is 9.37 Å². The average molecular weight is 595 g/mol. The maximum absolute atomic E-state index is 13.6. The van der Waals surface area contributed by atoms with Crippen LogP contribution in [0.4, 0.5) is 10.1 Å². The largest absolute Gasteiger partial charge is 0.496 e. The van der Waals surface area contributed by atoms with Crippen molar-refractivity contribution in [2.45, 2.75) is 6.61 Å². The number of nitro benzene ring substituents is 1. The highest BCUT2D eigenvalue weighted by Gasteiger charge is 2.23. The van der Waals surface area contributed by atoms with Crippen molar-refractivity contribution < 1.29 is 27.9 Å². The zero-order chi connectivity index (χ0) is 30.8. The van der Waals surface area contributed by atoms with Gasteiger partial charge in [-0.3, -0.25) is 14.9 Å². The minimum Gasteiger partial charge on any atom is -0.496 e. The van der Waals surface area contributed by atoms with E-state index in [1.165, 1.54) is 49.7 Å². The normalized spacial score (nSPS) is 11.3. The number of halogens is 1. The van der Waals surface area contributed by atoms with Gasteiger partial charge in [0.2, 0.25) is 11.6 Å². The third-order valence-corrected chi connectivity index (χ3v) is 6.81. The summed E-state index contributed by atoms with van der Waals surface area (Å²) in [6, 6.07) is 22.1. The van der Waals surface area contributed by atoms with Crippen LogP contribution in [0.15, 0.2) is 99.2 Å². The van der Waals surface area contributed by atoms with Crippen LogP contribution in [0.2, 0.25) is 0 Å². The van der Waals surface area contributed by atoms with Gasteiger partial charge in [-0.2, -0.15) is 9.78 Å². The second-order valence-corrected chi connectivity index (χ2v) is 9.54. The Kier molecular flexibility index (Phi) is 7.46. The maximum Gasteiger partial charge on any atom is 0.315 e. The van der Waals surface area contributed by atoms with E-state index in [1.54, 1.807) is 55.6 Å². The number of hydrogen-bond acceptors (Lipinski definition) is 9. The monoisotopic (exact) mass is 594 g/mol. The molecule has 0 aliphatic carbocycles. The van der Waals surface area contributed by atoms with Crippen molar-refractivity contribution in [1.82, 2.24) is 9.66 Å². The second-order valence-electron chi connectivity index (χ2n) is 9.54. The third-order valence-electron chi connectivity index (χ3n) is 6.81. The summed E-state index contributed by atoms with van der Waals surface area (Å²) in [4.78, 5) is 29.7. The fourth-order valence-corrected chi connectivity index (χ4v) is 4.69. The molecule has 220 valence electrons. The second kappa shape index (κ2) is 11.7. The van der Waals surface area contributed by atoms with Gasteiger partial charge in [0, 0.05) is 11.6 Å². The van der Waals surface area contributed by atoms with E-state index < -0.39 is 16.3 Å². The number of fused-ring (bicyclic) bond motifs is 2. The molecule has 12 heteroatoms. The number of furan rings is 1. The fraction of sp³-hybridized carbons (Fsp3) is 0.0938.